The van der Waals surface area contributed by atoms with Crippen molar-refractivity contribution in [2.45, 2.75) is 18.6 Å². The maximum Gasteiger partial charge on any atom is 0.338 e. The third kappa shape index (κ3) is 4.05. The topological polar surface area (TPSA) is 166 Å². The van der Waals surface area contributed by atoms with Crippen LogP contribution in [0.2, 0.25) is 0 Å². The van der Waals surface area contributed by atoms with Crippen LogP contribution in [0.15, 0.2) is 42.5 Å². The lowest BCUT2D eigenvalue weighted by Crippen LogP contribution is -2.34. The van der Waals surface area contributed by atoms with E-state index in [1.807, 2.05) is 0 Å². The zero-order chi connectivity index (χ0) is 23.9. The minimum absolute atomic E-state index is 0.00288. The predicted octanol–water partition coefficient (Wildman–Crippen LogP) is 2.83. The van der Waals surface area contributed by atoms with Gasteiger partial charge in [-0.2, -0.15) is 0 Å². The van der Waals surface area contributed by atoms with E-state index in [0.29, 0.717) is 11.1 Å². The zero-order valence-corrected chi connectivity index (χ0v) is 17.2. The van der Waals surface area contributed by atoms with Gasteiger partial charge in [0.25, 0.3) is 0 Å². The van der Waals surface area contributed by atoms with E-state index in [0.717, 1.165) is 18.2 Å². The fourth-order valence-corrected chi connectivity index (χ4v) is 3.63. The summed E-state index contributed by atoms with van der Waals surface area (Å²) in [5.74, 6) is -3.40. The zero-order valence-electron chi connectivity index (χ0n) is 17.2. The first kappa shape index (κ1) is 21.8. The van der Waals surface area contributed by atoms with E-state index < -0.39 is 35.4 Å². The average molecular weight is 456 g/mol. The number of benzene rings is 3. The van der Waals surface area contributed by atoms with Gasteiger partial charge in [0.15, 0.2) is 34.9 Å². The fraction of sp³-hybridized carbons (Fsp3) is 0.174. The van der Waals surface area contributed by atoms with Crippen LogP contribution in [0.4, 0.5) is 0 Å². The minimum atomic E-state index is -1.01. The highest BCUT2D eigenvalue weighted by atomic mass is 16.6. The Labute approximate surface area is 187 Å². The Morgan fingerprint density at radius 1 is 0.909 bits per heavy atom. The van der Waals surface area contributed by atoms with Crippen molar-refractivity contribution in [3.05, 3.63) is 59.2 Å². The van der Waals surface area contributed by atoms with Gasteiger partial charge in [0.2, 0.25) is 0 Å². The van der Waals surface area contributed by atoms with Crippen LogP contribution in [0.25, 0.3) is 0 Å². The van der Waals surface area contributed by atoms with Crippen LogP contribution in [-0.4, -0.2) is 49.8 Å². The van der Waals surface area contributed by atoms with Crippen LogP contribution in [0.5, 0.6) is 46.0 Å². The molecule has 0 saturated heterocycles. The number of phenols is 6. The summed E-state index contributed by atoms with van der Waals surface area (Å²) in [7, 11) is 1.37. The quantitative estimate of drug-likeness (QED) is 0.254. The smallest absolute Gasteiger partial charge is 0.338 e. The van der Waals surface area contributed by atoms with Crippen molar-refractivity contribution in [1.29, 1.82) is 0 Å². The van der Waals surface area contributed by atoms with E-state index in [-0.39, 0.29) is 40.7 Å². The summed E-state index contributed by atoms with van der Waals surface area (Å²) in [5, 5.41) is 58.9. The molecule has 0 spiro atoms. The molecule has 0 aromatic heterocycles. The molecule has 10 heteroatoms. The van der Waals surface area contributed by atoms with Gasteiger partial charge in [0.1, 0.15) is 23.4 Å². The Hall–Kier alpha value is -4.47. The molecule has 3 aromatic carbocycles. The minimum Gasteiger partial charge on any atom is -0.508 e. The van der Waals surface area contributed by atoms with Gasteiger partial charge < -0.3 is 44.8 Å². The van der Waals surface area contributed by atoms with Gasteiger partial charge in [-0.15, -0.1) is 0 Å². The Morgan fingerprint density at radius 3 is 2.27 bits per heavy atom. The molecule has 10 nitrogen and oxygen atoms in total. The molecule has 3 aromatic rings. The van der Waals surface area contributed by atoms with Crippen molar-refractivity contribution < 1.29 is 49.6 Å². The van der Waals surface area contributed by atoms with Gasteiger partial charge >= 0.3 is 5.97 Å². The molecule has 0 radical (unpaired) electrons. The molecule has 0 aliphatic carbocycles. The maximum atomic E-state index is 12.8. The number of carbonyl (C=O) groups excluding carboxylic acids is 1. The van der Waals surface area contributed by atoms with Crippen LogP contribution in [0.1, 0.15) is 27.6 Å². The van der Waals surface area contributed by atoms with Crippen LogP contribution in [-0.2, 0) is 11.2 Å². The first-order valence-electron chi connectivity index (χ1n) is 9.72. The number of ether oxygens (including phenoxy) is 3. The summed E-state index contributed by atoms with van der Waals surface area (Å²) >= 11 is 0. The van der Waals surface area contributed by atoms with Gasteiger partial charge in [-0.05, 0) is 24.3 Å². The number of rotatable bonds is 4. The van der Waals surface area contributed by atoms with Gasteiger partial charge in [-0.25, -0.2) is 4.79 Å². The molecule has 0 fully saturated rings. The molecule has 2 atom stereocenters. The number of hydrogen-bond donors (Lipinski definition) is 6. The number of carbonyl (C=O) groups is 1. The average Bonchev–Trinajstić information content (AvgIpc) is 2.77. The van der Waals surface area contributed by atoms with Gasteiger partial charge in [0, 0.05) is 29.7 Å². The van der Waals surface area contributed by atoms with Gasteiger partial charge in [-0.1, -0.05) is 6.07 Å². The van der Waals surface area contributed by atoms with Crippen molar-refractivity contribution >= 4 is 5.97 Å². The van der Waals surface area contributed by atoms with Gasteiger partial charge in [0.05, 0.1) is 12.7 Å². The first-order valence-corrected chi connectivity index (χ1v) is 9.72. The van der Waals surface area contributed by atoms with Crippen LogP contribution in [0, 0.1) is 0 Å². The van der Waals surface area contributed by atoms with Crippen molar-refractivity contribution in [2.75, 3.05) is 7.11 Å². The second-order valence-electron chi connectivity index (χ2n) is 7.42. The number of phenolic OH excluding ortho intramolecular Hbond substituents is 6. The molecule has 0 amide bonds. The van der Waals surface area contributed by atoms with Crippen LogP contribution < -0.4 is 9.47 Å². The van der Waals surface area contributed by atoms with E-state index in [1.165, 1.54) is 31.4 Å². The van der Waals surface area contributed by atoms with Crippen molar-refractivity contribution in [3.8, 4) is 46.0 Å². The normalized spacial score (nSPS) is 17.0. The summed E-state index contributed by atoms with van der Waals surface area (Å²) in [6, 6.07) is 8.71. The summed E-state index contributed by atoms with van der Waals surface area (Å²) in [4.78, 5) is 12.8. The summed E-state index contributed by atoms with van der Waals surface area (Å²) in [6.07, 6.45) is -1.94. The highest BCUT2D eigenvalue weighted by Gasteiger charge is 2.37. The van der Waals surface area contributed by atoms with Crippen molar-refractivity contribution in [3.63, 3.8) is 0 Å². The standard InChI is InChI=1S/C23H20O10/c1-31-19-6-10(2-3-14(19)25)22-20(9-13-15(26)7-12(24)8-18(13)32-22)33-23(30)11-4-16(27)21(29)17(28)5-11/h2-8,20,22,24-29H,9H2,1H3/t20-,22-/m1/s1. The van der Waals surface area contributed by atoms with Crippen LogP contribution >= 0.6 is 0 Å². The molecule has 1 heterocycles. The second-order valence-corrected chi connectivity index (χ2v) is 7.42. The lowest BCUT2D eigenvalue weighted by atomic mass is 9.93. The molecule has 0 saturated carbocycles. The molecule has 1 aliphatic heterocycles. The summed E-state index contributed by atoms with van der Waals surface area (Å²) < 4.78 is 16.7. The molecule has 33 heavy (non-hydrogen) atoms. The molecule has 0 bridgehead atoms. The van der Waals surface area contributed by atoms with E-state index in [1.54, 1.807) is 0 Å². The molecule has 6 N–H and O–H groups in total. The fourth-order valence-electron chi connectivity index (χ4n) is 3.63. The Bertz CT molecular complexity index is 1210. The first-order chi connectivity index (χ1) is 15.7. The third-order valence-electron chi connectivity index (χ3n) is 5.26. The van der Waals surface area contributed by atoms with E-state index in [4.69, 9.17) is 14.2 Å². The van der Waals surface area contributed by atoms with E-state index in [9.17, 15) is 35.4 Å². The van der Waals surface area contributed by atoms with Crippen molar-refractivity contribution in [1.82, 2.24) is 0 Å². The van der Waals surface area contributed by atoms with Crippen molar-refractivity contribution in [2.24, 2.45) is 0 Å². The molecule has 172 valence electrons. The maximum absolute atomic E-state index is 12.8. The number of hydrogen-bond acceptors (Lipinski definition) is 10. The third-order valence-corrected chi connectivity index (χ3v) is 5.26. The SMILES string of the molecule is COc1cc([C@H]2Oc3cc(O)cc(O)c3C[C@H]2OC(=O)c2cc(O)c(O)c(O)c2)ccc1O. The van der Waals surface area contributed by atoms with E-state index in [2.05, 4.69) is 0 Å². The molecular weight excluding hydrogens is 436 g/mol. The number of fused-ring (bicyclic) bond motifs is 1. The number of methoxy groups -OCH3 is 1. The highest BCUT2D eigenvalue weighted by Crippen LogP contribution is 2.44. The lowest BCUT2D eigenvalue weighted by Gasteiger charge is -2.34. The summed E-state index contributed by atoms with van der Waals surface area (Å²) in [6.45, 7) is 0. The molecule has 4 rings (SSSR count). The van der Waals surface area contributed by atoms with Gasteiger partial charge in [-0.3, -0.25) is 0 Å². The highest BCUT2D eigenvalue weighted by molar-refractivity contribution is 5.91. The number of esters is 1. The largest absolute Gasteiger partial charge is 0.508 e. The Morgan fingerprint density at radius 2 is 1.61 bits per heavy atom. The lowest BCUT2D eigenvalue weighted by molar-refractivity contribution is -0.0189. The Balaban J connectivity index is 1.73. The monoisotopic (exact) mass is 456 g/mol. The molecule has 0 unspecified atom stereocenters. The van der Waals surface area contributed by atoms with E-state index >= 15 is 0 Å². The summed E-state index contributed by atoms with van der Waals surface area (Å²) in [5.41, 5.74) is 0.530. The molecular formula is C23H20O10. The van der Waals surface area contributed by atoms with Crippen LogP contribution in [0.3, 0.4) is 0 Å². The Kier molecular flexibility index (Phi) is 5.42. The molecule has 1 aliphatic rings. The second kappa shape index (κ2) is 8.23. The predicted molar refractivity (Wildman–Crippen MR) is 112 cm³/mol. The number of aromatic hydroxyl groups is 6.